The lowest BCUT2D eigenvalue weighted by molar-refractivity contribution is -0.148. The molecule has 1 aromatic rings. The maximum Gasteiger partial charge on any atom is 0.310 e. The summed E-state index contributed by atoms with van der Waals surface area (Å²) in [5.41, 5.74) is 1.63. The van der Waals surface area contributed by atoms with Crippen LogP contribution in [-0.4, -0.2) is 31.9 Å². The Morgan fingerprint density at radius 3 is 3.05 bits per heavy atom. The second-order valence-electron chi connectivity index (χ2n) is 5.00. The van der Waals surface area contributed by atoms with E-state index in [1.807, 2.05) is 31.4 Å². The number of hydrogen-bond acceptors (Lipinski definition) is 5. The van der Waals surface area contributed by atoms with Gasteiger partial charge in [-0.15, -0.1) is 11.8 Å². The molecule has 1 saturated heterocycles. The minimum atomic E-state index is -0.123. The maximum absolute atomic E-state index is 11.9. The van der Waals surface area contributed by atoms with Crippen molar-refractivity contribution in [2.24, 2.45) is 5.92 Å². The fraction of sp³-hybridized carbons (Fsp3) is 0.500. The Bertz CT molecular complexity index is 554. The highest BCUT2D eigenvalue weighted by atomic mass is 32.2. The van der Waals surface area contributed by atoms with Crippen LogP contribution in [0, 0.1) is 17.2 Å². The predicted molar refractivity (Wildman–Crippen MR) is 84.5 cm³/mol. The Kier molecular flexibility index (Phi) is 5.51. The lowest BCUT2D eigenvalue weighted by Crippen LogP contribution is -2.39. The quantitative estimate of drug-likeness (QED) is 0.632. The Morgan fingerprint density at radius 2 is 2.38 bits per heavy atom. The van der Waals surface area contributed by atoms with Gasteiger partial charge in [-0.05, 0) is 38.2 Å². The van der Waals surface area contributed by atoms with Crippen molar-refractivity contribution >= 4 is 23.4 Å². The predicted octanol–water partition coefficient (Wildman–Crippen LogP) is 3.06. The lowest BCUT2D eigenvalue weighted by atomic mass is 9.97. The highest BCUT2D eigenvalue weighted by Crippen LogP contribution is 2.31. The van der Waals surface area contributed by atoms with Gasteiger partial charge in [0.2, 0.25) is 0 Å². The zero-order valence-electron chi connectivity index (χ0n) is 12.5. The summed E-state index contributed by atoms with van der Waals surface area (Å²) < 4.78 is 5.13. The topological polar surface area (TPSA) is 53.3 Å². The molecule has 1 aliphatic heterocycles. The molecule has 0 amide bonds. The van der Waals surface area contributed by atoms with Gasteiger partial charge in [-0.3, -0.25) is 4.79 Å². The molecule has 21 heavy (non-hydrogen) atoms. The first-order valence-electron chi connectivity index (χ1n) is 7.20. The van der Waals surface area contributed by atoms with E-state index in [2.05, 4.69) is 11.0 Å². The number of nitriles is 1. The van der Waals surface area contributed by atoms with Crippen molar-refractivity contribution in [1.82, 2.24) is 0 Å². The van der Waals surface area contributed by atoms with E-state index in [1.165, 1.54) is 0 Å². The van der Waals surface area contributed by atoms with E-state index in [0.717, 1.165) is 30.0 Å². The van der Waals surface area contributed by atoms with Crippen molar-refractivity contribution in [3.05, 3.63) is 23.8 Å². The van der Waals surface area contributed by atoms with Gasteiger partial charge < -0.3 is 9.64 Å². The second-order valence-corrected chi connectivity index (χ2v) is 5.85. The summed E-state index contributed by atoms with van der Waals surface area (Å²) >= 11 is 1.57. The normalized spacial score (nSPS) is 18.1. The molecular weight excluding hydrogens is 284 g/mol. The average molecular weight is 304 g/mol. The summed E-state index contributed by atoms with van der Waals surface area (Å²) in [4.78, 5) is 15.1. The van der Waals surface area contributed by atoms with E-state index in [1.54, 1.807) is 11.8 Å². The molecule has 5 heteroatoms. The number of esters is 1. The van der Waals surface area contributed by atoms with Crippen molar-refractivity contribution in [2.75, 3.05) is 30.9 Å². The van der Waals surface area contributed by atoms with E-state index >= 15 is 0 Å². The molecule has 0 bridgehead atoms. The molecule has 1 atom stereocenters. The molecule has 1 unspecified atom stereocenters. The van der Waals surface area contributed by atoms with Crippen LogP contribution in [0.5, 0.6) is 0 Å². The van der Waals surface area contributed by atoms with Crippen molar-refractivity contribution in [1.29, 1.82) is 5.26 Å². The molecule has 0 radical (unpaired) electrons. The van der Waals surface area contributed by atoms with Gasteiger partial charge in [0, 0.05) is 18.0 Å². The summed E-state index contributed by atoms with van der Waals surface area (Å²) in [5, 5.41) is 9.44. The molecule has 1 aliphatic rings. The van der Waals surface area contributed by atoms with Crippen LogP contribution in [0.15, 0.2) is 23.1 Å². The first-order valence-corrected chi connectivity index (χ1v) is 8.42. The van der Waals surface area contributed by atoms with Crippen LogP contribution in [0.1, 0.15) is 25.3 Å². The molecule has 112 valence electrons. The van der Waals surface area contributed by atoms with E-state index in [4.69, 9.17) is 4.74 Å². The molecule has 0 aliphatic carbocycles. The first-order chi connectivity index (χ1) is 10.2. The number of nitrogens with zero attached hydrogens (tertiary/aromatic N) is 2. The van der Waals surface area contributed by atoms with Gasteiger partial charge in [0.25, 0.3) is 0 Å². The molecule has 0 aromatic heterocycles. The molecular formula is C16H20N2O2S. The van der Waals surface area contributed by atoms with Gasteiger partial charge in [-0.1, -0.05) is 6.07 Å². The largest absolute Gasteiger partial charge is 0.466 e. The number of hydrogen-bond donors (Lipinski definition) is 0. The van der Waals surface area contributed by atoms with Gasteiger partial charge in [0.05, 0.1) is 23.8 Å². The molecule has 0 N–H and O–H groups in total. The van der Waals surface area contributed by atoms with Crippen LogP contribution in [0.25, 0.3) is 0 Å². The Morgan fingerprint density at radius 1 is 1.57 bits per heavy atom. The summed E-state index contributed by atoms with van der Waals surface area (Å²) in [5.74, 6) is -0.218. The third kappa shape index (κ3) is 3.51. The minimum absolute atomic E-state index is 0.0943. The van der Waals surface area contributed by atoms with Crippen LogP contribution < -0.4 is 4.90 Å². The average Bonchev–Trinajstić information content (AvgIpc) is 2.54. The number of benzene rings is 1. The van der Waals surface area contributed by atoms with Crippen LogP contribution in [0.2, 0.25) is 0 Å². The highest BCUT2D eigenvalue weighted by molar-refractivity contribution is 7.98. The fourth-order valence-corrected chi connectivity index (χ4v) is 3.28. The summed E-state index contributed by atoms with van der Waals surface area (Å²) in [6, 6.07) is 8.19. The van der Waals surface area contributed by atoms with Crippen molar-refractivity contribution < 1.29 is 9.53 Å². The number of carbonyl (C=O) groups is 1. The fourth-order valence-electron chi connectivity index (χ4n) is 2.71. The molecule has 1 fully saturated rings. The summed E-state index contributed by atoms with van der Waals surface area (Å²) in [6.07, 6.45) is 3.77. The van der Waals surface area contributed by atoms with E-state index in [-0.39, 0.29) is 11.9 Å². The smallest absolute Gasteiger partial charge is 0.310 e. The Labute approximate surface area is 130 Å². The molecule has 0 spiro atoms. The number of carbonyl (C=O) groups excluding carboxylic acids is 1. The monoisotopic (exact) mass is 304 g/mol. The number of piperidine rings is 1. The minimum Gasteiger partial charge on any atom is -0.466 e. The zero-order chi connectivity index (χ0) is 15.2. The third-order valence-electron chi connectivity index (χ3n) is 3.72. The van der Waals surface area contributed by atoms with Crippen LogP contribution in [0.3, 0.4) is 0 Å². The van der Waals surface area contributed by atoms with Gasteiger partial charge in [-0.25, -0.2) is 0 Å². The summed E-state index contributed by atoms with van der Waals surface area (Å²) in [7, 11) is 0. The van der Waals surface area contributed by atoms with Crippen LogP contribution in [0.4, 0.5) is 5.69 Å². The Hall–Kier alpha value is -1.67. The van der Waals surface area contributed by atoms with Crippen LogP contribution >= 0.6 is 11.8 Å². The number of thioether (sulfide) groups is 1. The van der Waals surface area contributed by atoms with E-state index in [9.17, 15) is 10.1 Å². The SMILES string of the molecule is CCOC(=O)C1CCCN(c2cccc(SC)c2C#N)C1. The second kappa shape index (κ2) is 7.37. The lowest BCUT2D eigenvalue weighted by Gasteiger charge is -2.34. The zero-order valence-corrected chi connectivity index (χ0v) is 13.3. The van der Waals surface area contributed by atoms with Gasteiger partial charge >= 0.3 is 5.97 Å². The summed E-state index contributed by atoms with van der Waals surface area (Å²) in [6.45, 7) is 3.75. The van der Waals surface area contributed by atoms with Gasteiger partial charge in [0.1, 0.15) is 6.07 Å². The van der Waals surface area contributed by atoms with Crippen molar-refractivity contribution in [3.63, 3.8) is 0 Å². The van der Waals surface area contributed by atoms with Gasteiger partial charge in [-0.2, -0.15) is 5.26 Å². The molecule has 0 saturated carbocycles. The Balaban J connectivity index is 2.22. The highest BCUT2D eigenvalue weighted by Gasteiger charge is 2.28. The number of anilines is 1. The maximum atomic E-state index is 11.9. The molecule has 1 heterocycles. The third-order valence-corrected chi connectivity index (χ3v) is 4.50. The van der Waals surface area contributed by atoms with Gasteiger partial charge in [0.15, 0.2) is 0 Å². The van der Waals surface area contributed by atoms with E-state index < -0.39 is 0 Å². The van der Waals surface area contributed by atoms with E-state index in [0.29, 0.717) is 18.7 Å². The van der Waals surface area contributed by atoms with Crippen molar-refractivity contribution in [2.45, 2.75) is 24.7 Å². The number of rotatable bonds is 4. The molecule has 1 aromatic carbocycles. The molecule has 4 nitrogen and oxygen atoms in total. The first kappa shape index (κ1) is 15.7. The van der Waals surface area contributed by atoms with Crippen molar-refractivity contribution in [3.8, 4) is 6.07 Å². The number of ether oxygens (including phenoxy) is 1. The standard InChI is InChI=1S/C16H20N2O2S/c1-3-20-16(19)12-6-5-9-18(11-12)14-7-4-8-15(21-2)13(14)10-17/h4,7-8,12H,3,5-6,9,11H2,1-2H3. The molecule has 2 rings (SSSR count). The van der Waals surface area contributed by atoms with Crippen LogP contribution in [-0.2, 0) is 9.53 Å².